The molecule has 0 aliphatic rings. The normalized spacial score (nSPS) is 12.3. The van der Waals surface area contributed by atoms with Crippen molar-refractivity contribution in [3.05, 3.63) is 68.6 Å². The Hall–Kier alpha value is -2.39. The maximum atomic E-state index is 13.0. The molecule has 0 saturated heterocycles. The number of halogens is 1. The minimum absolute atomic E-state index is 0.0719. The molecule has 0 amide bonds. The summed E-state index contributed by atoms with van der Waals surface area (Å²) in [6, 6.07) is 11.7. The lowest BCUT2D eigenvalue weighted by Gasteiger charge is -2.22. The molecule has 0 N–H and O–H groups in total. The summed E-state index contributed by atoms with van der Waals surface area (Å²) >= 11 is 6.24. The van der Waals surface area contributed by atoms with Crippen molar-refractivity contribution < 1.29 is 4.79 Å². The van der Waals surface area contributed by atoms with Crippen molar-refractivity contribution in [2.45, 2.75) is 39.5 Å². The first-order valence-corrected chi connectivity index (χ1v) is 9.61. The first-order valence-electron chi connectivity index (χ1n) is 9.24. The molecule has 0 aliphatic heterocycles. The summed E-state index contributed by atoms with van der Waals surface area (Å²) in [4.78, 5) is 24.9. The highest BCUT2D eigenvalue weighted by molar-refractivity contribution is 6.31. The summed E-state index contributed by atoms with van der Waals surface area (Å²) in [6.07, 6.45) is 2.53. The van der Waals surface area contributed by atoms with E-state index in [0.717, 1.165) is 46.0 Å². The molecule has 1 atom stereocenters. The van der Waals surface area contributed by atoms with E-state index >= 15 is 0 Å². The fraction of sp³-hybridized carbons (Fsp3) is 0.304. The molecule has 3 rings (SSSR count). The van der Waals surface area contributed by atoms with E-state index in [-0.39, 0.29) is 11.5 Å². The highest BCUT2D eigenvalue weighted by atomic mass is 35.5. The smallest absolute Gasteiger partial charge is 0.258 e. The van der Waals surface area contributed by atoms with Crippen LogP contribution in [0.5, 0.6) is 0 Å². The van der Waals surface area contributed by atoms with Gasteiger partial charge in [-0.05, 0) is 55.0 Å². The topological polar surface area (TPSA) is 39.1 Å². The lowest BCUT2D eigenvalue weighted by Crippen LogP contribution is -2.24. The fourth-order valence-electron chi connectivity index (χ4n) is 3.77. The van der Waals surface area contributed by atoms with Crippen molar-refractivity contribution in [2.75, 3.05) is 0 Å². The Morgan fingerprint density at radius 1 is 1.11 bits per heavy atom. The maximum Gasteiger partial charge on any atom is 0.258 e. The summed E-state index contributed by atoms with van der Waals surface area (Å²) in [5, 5.41) is 2.25. The largest absolute Gasteiger partial charge is 0.314 e. The van der Waals surface area contributed by atoms with Crippen LogP contribution in [0.25, 0.3) is 21.9 Å². The van der Waals surface area contributed by atoms with Gasteiger partial charge >= 0.3 is 0 Å². The summed E-state index contributed by atoms with van der Waals surface area (Å²) in [7, 11) is 1.76. The zero-order valence-electron chi connectivity index (χ0n) is 16.2. The monoisotopic (exact) mass is 381 g/mol. The molecule has 0 aliphatic carbocycles. The minimum atomic E-state index is -0.330. The standard InChI is InChI=1S/C23H24ClNO2/c1-5-6-17(13-26)22-21(16-8-10-20(24)15(3)12-16)19-11-14(2)7-9-18(19)23(27)25(22)4/h7-13,17H,5-6H2,1-4H3. The average Bonchev–Trinajstić information content (AvgIpc) is 2.65. The number of nitrogens with zero attached hydrogens (tertiary/aromatic N) is 1. The number of fused-ring (bicyclic) bond motifs is 1. The highest BCUT2D eigenvalue weighted by Crippen LogP contribution is 2.37. The predicted molar refractivity (Wildman–Crippen MR) is 113 cm³/mol. The molecule has 1 heterocycles. The van der Waals surface area contributed by atoms with E-state index < -0.39 is 0 Å². The lowest BCUT2D eigenvalue weighted by molar-refractivity contribution is -0.109. The zero-order chi connectivity index (χ0) is 19.7. The third-order valence-corrected chi connectivity index (χ3v) is 5.58. The number of pyridine rings is 1. The Morgan fingerprint density at radius 3 is 2.48 bits per heavy atom. The second-order valence-electron chi connectivity index (χ2n) is 7.17. The summed E-state index contributed by atoms with van der Waals surface area (Å²) < 4.78 is 1.64. The van der Waals surface area contributed by atoms with Crippen LogP contribution in [0.2, 0.25) is 5.02 Å². The number of hydrogen-bond donors (Lipinski definition) is 0. The summed E-state index contributed by atoms with van der Waals surface area (Å²) in [6.45, 7) is 6.02. The Kier molecular flexibility index (Phi) is 5.52. The van der Waals surface area contributed by atoms with Crippen LogP contribution in [-0.4, -0.2) is 10.9 Å². The predicted octanol–water partition coefficient (Wildman–Crippen LogP) is 5.56. The Balaban J connectivity index is 2.51. The molecule has 4 heteroatoms. The van der Waals surface area contributed by atoms with Gasteiger partial charge in [-0.1, -0.05) is 48.7 Å². The van der Waals surface area contributed by atoms with E-state index in [1.54, 1.807) is 11.6 Å². The van der Waals surface area contributed by atoms with E-state index in [1.807, 2.05) is 57.2 Å². The first-order chi connectivity index (χ1) is 12.9. The minimum Gasteiger partial charge on any atom is -0.314 e. The number of carbonyl (C=O) groups excluding carboxylic acids is 1. The van der Waals surface area contributed by atoms with Crippen LogP contribution >= 0.6 is 11.6 Å². The number of rotatable bonds is 5. The van der Waals surface area contributed by atoms with E-state index in [1.165, 1.54) is 0 Å². The van der Waals surface area contributed by atoms with Crippen molar-refractivity contribution in [2.24, 2.45) is 7.05 Å². The van der Waals surface area contributed by atoms with Gasteiger partial charge in [0.2, 0.25) is 0 Å². The molecule has 0 spiro atoms. The molecular weight excluding hydrogens is 358 g/mol. The van der Waals surface area contributed by atoms with Crippen LogP contribution in [0.15, 0.2) is 41.2 Å². The molecule has 0 fully saturated rings. The molecule has 0 radical (unpaired) electrons. The summed E-state index contributed by atoms with van der Waals surface area (Å²) in [5.41, 5.74) is 4.66. The van der Waals surface area contributed by atoms with E-state index in [9.17, 15) is 9.59 Å². The van der Waals surface area contributed by atoms with Gasteiger partial charge in [-0.15, -0.1) is 0 Å². The molecule has 2 aromatic carbocycles. The average molecular weight is 382 g/mol. The number of aromatic nitrogens is 1. The lowest BCUT2D eigenvalue weighted by atomic mass is 9.88. The second-order valence-corrected chi connectivity index (χ2v) is 7.58. The number of aldehydes is 1. The van der Waals surface area contributed by atoms with E-state index in [4.69, 9.17) is 11.6 Å². The van der Waals surface area contributed by atoms with Gasteiger partial charge in [0.05, 0.1) is 5.92 Å². The highest BCUT2D eigenvalue weighted by Gasteiger charge is 2.23. The van der Waals surface area contributed by atoms with Crippen LogP contribution in [0.1, 0.15) is 42.5 Å². The van der Waals surface area contributed by atoms with Crippen LogP contribution < -0.4 is 5.56 Å². The number of benzene rings is 2. The van der Waals surface area contributed by atoms with Gasteiger partial charge in [0.25, 0.3) is 5.56 Å². The third kappa shape index (κ3) is 3.44. The molecule has 3 aromatic rings. The van der Waals surface area contributed by atoms with Crippen molar-refractivity contribution in [3.8, 4) is 11.1 Å². The van der Waals surface area contributed by atoms with Gasteiger partial charge in [0.1, 0.15) is 6.29 Å². The third-order valence-electron chi connectivity index (χ3n) is 5.16. The molecule has 1 unspecified atom stereocenters. The van der Waals surface area contributed by atoms with Crippen molar-refractivity contribution in [3.63, 3.8) is 0 Å². The maximum absolute atomic E-state index is 13.0. The Labute approximate surface area is 164 Å². The molecule has 140 valence electrons. The Bertz CT molecular complexity index is 1080. The van der Waals surface area contributed by atoms with Crippen LogP contribution in [-0.2, 0) is 11.8 Å². The molecule has 0 bridgehead atoms. The molecule has 0 saturated carbocycles. The molecular formula is C23H24ClNO2. The van der Waals surface area contributed by atoms with E-state index in [2.05, 4.69) is 0 Å². The molecule has 3 nitrogen and oxygen atoms in total. The molecule has 1 aromatic heterocycles. The van der Waals surface area contributed by atoms with Crippen molar-refractivity contribution in [1.29, 1.82) is 0 Å². The van der Waals surface area contributed by atoms with Gasteiger partial charge in [0, 0.05) is 28.7 Å². The van der Waals surface area contributed by atoms with Crippen LogP contribution in [0, 0.1) is 13.8 Å². The zero-order valence-corrected chi connectivity index (χ0v) is 16.9. The van der Waals surface area contributed by atoms with Gasteiger partial charge in [-0.3, -0.25) is 4.79 Å². The van der Waals surface area contributed by atoms with Gasteiger partial charge in [-0.2, -0.15) is 0 Å². The number of hydrogen-bond acceptors (Lipinski definition) is 2. The van der Waals surface area contributed by atoms with E-state index in [0.29, 0.717) is 16.8 Å². The van der Waals surface area contributed by atoms with Crippen molar-refractivity contribution in [1.82, 2.24) is 4.57 Å². The number of carbonyl (C=O) groups is 1. The Morgan fingerprint density at radius 2 is 1.85 bits per heavy atom. The second kappa shape index (κ2) is 7.69. The van der Waals surface area contributed by atoms with Gasteiger partial charge in [-0.25, -0.2) is 0 Å². The fourth-order valence-corrected chi connectivity index (χ4v) is 3.88. The number of aryl methyl sites for hydroxylation is 2. The van der Waals surface area contributed by atoms with Crippen LogP contribution in [0.3, 0.4) is 0 Å². The molecule has 27 heavy (non-hydrogen) atoms. The SMILES string of the molecule is CCCC(C=O)c1c(-c2ccc(Cl)c(C)c2)c2cc(C)ccc2c(=O)n1C. The summed E-state index contributed by atoms with van der Waals surface area (Å²) in [5.74, 6) is -0.330. The van der Waals surface area contributed by atoms with Gasteiger partial charge < -0.3 is 9.36 Å². The van der Waals surface area contributed by atoms with Crippen molar-refractivity contribution >= 4 is 28.7 Å². The quantitative estimate of drug-likeness (QED) is 0.543. The first kappa shape index (κ1) is 19.4. The van der Waals surface area contributed by atoms with Crippen LogP contribution in [0.4, 0.5) is 0 Å². The van der Waals surface area contributed by atoms with Gasteiger partial charge in [0.15, 0.2) is 0 Å².